The zero-order valence-corrected chi connectivity index (χ0v) is 15.1. The van der Waals surface area contributed by atoms with E-state index in [2.05, 4.69) is 30.4 Å². The van der Waals surface area contributed by atoms with Gasteiger partial charge < -0.3 is 10.1 Å². The number of hydrogen-bond acceptors (Lipinski definition) is 3. The number of anilines is 1. The van der Waals surface area contributed by atoms with Gasteiger partial charge in [-0.3, -0.25) is 4.79 Å². The number of hydrogen-bond donors (Lipinski definition) is 1. The molecular formula is C22H24N2O2. The van der Waals surface area contributed by atoms with Crippen LogP contribution in [0.15, 0.2) is 48.5 Å². The molecule has 1 N–H and O–H groups in total. The molecule has 0 atom stereocenters. The molecule has 1 amide bonds. The molecule has 0 aromatic heterocycles. The molecule has 0 unspecified atom stereocenters. The third-order valence-electron chi connectivity index (χ3n) is 4.89. The molecule has 26 heavy (non-hydrogen) atoms. The number of aryl methyl sites for hydroxylation is 1. The minimum atomic E-state index is 0.0395. The molecule has 0 aliphatic heterocycles. The highest BCUT2D eigenvalue weighted by Gasteiger charge is 2.24. The van der Waals surface area contributed by atoms with Crippen molar-refractivity contribution in [2.75, 3.05) is 5.32 Å². The normalized spacial score (nSPS) is 19.4. The maximum absolute atomic E-state index is 12.2. The molecule has 3 rings (SSSR count). The van der Waals surface area contributed by atoms with E-state index < -0.39 is 0 Å². The van der Waals surface area contributed by atoms with Crippen LogP contribution in [0, 0.1) is 24.2 Å². The number of benzene rings is 2. The van der Waals surface area contributed by atoms with Crippen LogP contribution >= 0.6 is 0 Å². The van der Waals surface area contributed by atoms with E-state index in [0.717, 1.165) is 37.1 Å². The Morgan fingerprint density at radius 2 is 1.73 bits per heavy atom. The summed E-state index contributed by atoms with van der Waals surface area (Å²) in [5.74, 6) is 1.38. The number of nitrogens with zero attached hydrogens (tertiary/aromatic N) is 1. The van der Waals surface area contributed by atoms with Gasteiger partial charge in [0, 0.05) is 12.1 Å². The molecule has 0 saturated heterocycles. The Bertz CT molecular complexity index is 767. The lowest BCUT2D eigenvalue weighted by Crippen LogP contribution is -2.26. The molecule has 2 aromatic rings. The van der Waals surface area contributed by atoms with Gasteiger partial charge in [-0.05, 0) is 74.9 Å². The van der Waals surface area contributed by atoms with E-state index in [9.17, 15) is 4.79 Å². The second-order valence-corrected chi connectivity index (χ2v) is 7.02. The highest BCUT2D eigenvalue weighted by molar-refractivity contribution is 5.90. The standard InChI is InChI=1S/C22H24N2O2/c1-16-2-10-20(11-3-16)26-21-12-6-17(7-13-21)14-22(25)24-19-8-4-18(15-23)5-9-19/h2-5,8-11,17,21H,6-7,12-14H2,1H3,(H,24,25)/t17-,21-. The Balaban J connectivity index is 1.42. The summed E-state index contributed by atoms with van der Waals surface area (Å²) in [6, 6.07) is 17.2. The first-order valence-corrected chi connectivity index (χ1v) is 9.16. The van der Waals surface area contributed by atoms with Gasteiger partial charge in [-0.1, -0.05) is 17.7 Å². The molecule has 0 bridgehead atoms. The zero-order valence-electron chi connectivity index (χ0n) is 15.1. The van der Waals surface area contributed by atoms with Crippen LogP contribution in [-0.4, -0.2) is 12.0 Å². The maximum atomic E-state index is 12.2. The number of ether oxygens (including phenoxy) is 1. The van der Waals surface area contributed by atoms with Crippen LogP contribution in [0.2, 0.25) is 0 Å². The van der Waals surface area contributed by atoms with Crippen molar-refractivity contribution < 1.29 is 9.53 Å². The highest BCUT2D eigenvalue weighted by Crippen LogP contribution is 2.30. The second kappa shape index (κ2) is 8.53. The SMILES string of the molecule is Cc1ccc(O[C@H]2CC[C@H](CC(=O)Nc3ccc(C#N)cc3)CC2)cc1. The van der Waals surface area contributed by atoms with Crippen LogP contribution in [0.3, 0.4) is 0 Å². The second-order valence-electron chi connectivity index (χ2n) is 7.02. The number of nitriles is 1. The fourth-order valence-electron chi connectivity index (χ4n) is 3.37. The van der Waals surface area contributed by atoms with Crippen molar-refractivity contribution in [1.29, 1.82) is 5.26 Å². The van der Waals surface area contributed by atoms with E-state index in [4.69, 9.17) is 10.00 Å². The van der Waals surface area contributed by atoms with Crippen LogP contribution in [0.25, 0.3) is 0 Å². The van der Waals surface area contributed by atoms with Crippen LogP contribution in [0.4, 0.5) is 5.69 Å². The lowest BCUT2D eigenvalue weighted by molar-refractivity contribution is -0.117. The maximum Gasteiger partial charge on any atom is 0.224 e. The average molecular weight is 348 g/mol. The number of rotatable bonds is 5. The molecule has 1 saturated carbocycles. The third kappa shape index (κ3) is 5.10. The van der Waals surface area contributed by atoms with Gasteiger partial charge in [0.2, 0.25) is 5.91 Å². The molecular weight excluding hydrogens is 324 g/mol. The Hall–Kier alpha value is -2.80. The smallest absolute Gasteiger partial charge is 0.224 e. The number of nitrogens with one attached hydrogen (secondary N) is 1. The van der Waals surface area contributed by atoms with Gasteiger partial charge in [0.15, 0.2) is 0 Å². The monoisotopic (exact) mass is 348 g/mol. The quantitative estimate of drug-likeness (QED) is 0.841. The van der Waals surface area contributed by atoms with Crippen molar-refractivity contribution >= 4 is 11.6 Å². The summed E-state index contributed by atoms with van der Waals surface area (Å²) in [6.07, 6.45) is 4.78. The minimum absolute atomic E-state index is 0.0395. The molecule has 1 aliphatic rings. The molecule has 4 nitrogen and oxygen atoms in total. The average Bonchev–Trinajstić information content (AvgIpc) is 2.66. The first kappa shape index (κ1) is 18.0. The lowest BCUT2D eigenvalue weighted by Gasteiger charge is -2.28. The fraction of sp³-hybridized carbons (Fsp3) is 0.364. The predicted molar refractivity (Wildman–Crippen MR) is 102 cm³/mol. The first-order valence-electron chi connectivity index (χ1n) is 9.16. The van der Waals surface area contributed by atoms with Crippen molar-refractivity contribution in [2.45, 2.75) is 45.1 Å². The predicted octanol–water partition coefficient (Wildman–Crippen LogP) is 4.83. The summed E-state index contributed by atoms with van der Waals surface area (Å²) in [4.78, 5) is 12.2. The number of carbonyl (C=O) groups excluding carboxylic acids is 1. The summed E-state index contributed by atoms with van der Waals surface area (Å²) >= 11 is 0. The first-order chi connectivity index (χ1) is 12.6. The van der Waals surface area contributed by atoms with Crippen molar-refractivity contribution in [2.24, 2.45) is 5.92 Å². The van der Waals surface area contributed by atoms with E-state index in [1.165, 1.54) is 5.56 Å². The topological polar surface area (TPSA) is 62.1 Å². The number of carbonyl (C=O) groups is 1. The molecule has 2 aromatic carbocycles. The summed E-state index contributed by atoms with van der Waals surface area (Å²) < 4.78 is 6.05. The Morgan fingerprint density at radius 3 is 2.35 bits per heavy atom. The summed E-state index contributed by atoms with van der Waals surface area (Å²) in [5.41, 5.74) is 2.56. The van der Waals surface area contributed by atoms with Crippen LogP contribution in [0.1, 0.15) is 43.2 Å². The molecule has 134 valence electrons. The Labute approximate surface area is 154 Å². The minimum Gasteiger partial charge on any atom is -0.490 e. The Kier molecular flexibility index (Phi) is 5.91. The van der Waals surface area contributed by atoms with Crippen molar-refractivity contribution in [3.63, 3.8) is 0 Å². The van der Waals surface area contributed by atoms with Crippen LogP contribution in [0.5, 0.6) is 5.75 Å². The molecule has 0 heterocycles. The fourth-order valence-corrected chi connectivity index (χ4v) is 3.37. The van der Waals surface area contributed by atoms with Crippen LogP contribution in [-0.2, 0) is 4.79 Å². The molecule has 1 fully saturated rings. The third-order valence-corrected chi connectivity index (χ3v) is 4.89. The molecule has 4 heteroatoms. The van der Waals surface area contributed by atoms with E-state index >= 15 is 0 Å². The lowest BCUT2D eigenvalue weighted by atomic mass is 9.85. The molecule has 1 aliphatic carbocycles. The zero-order chi connectivity index (χ0) is 18.4. The van der Waals surface area contributed by atoms with Gasteiger partial charge in [-0.2, -0.15) is 5.26 Å². The van der Waals surface area contributed by atoms with Crippen molar-refractivity contribution in [1.82, 2.24) is 0 Å². The van der Waals surface area contributed by atoms with Crippen molar-refractivity contribution in [3.8, 4) is 11.8 Å². The van der Waals surface area contributed by atoms with E-state index in [1.807, 2.05) is 12.1 Å². The summed E-state index contributed by atoms with van der Waals surface area (Å²) in [6.45, 7) is 2.07. The van der Waals surface area contributed by atoms with E-state index in [-0.39, 0.29) is 12.0 Å². The van der Waals surface area contributed by atoms with Gasteiger partial charge in [-0.15, -0.1) is 0 Å². The van der Waals surface area contributed by atoms with Crippen LogP contribution < -0.4 is 10.1 Å². The van der Waals surface area contributed by atoms with Gasteiger partial charge in [-0.25, -0.2) is 0 Å². The van der Waals surface area contributed by atoms with Gasteiger partial charge in [0.25, 0.3) is 0 Å². The highest BCUT2D eigenvalue weighted by atomic mass is 16.5. The Morgan fingerprint density at radius 1 is 1.08 bits per heavy atom. The molecule has 0 spiro atoms. The summed E-state index contributed by atoms with van der Waals surface area (Å²) in [7, 11) is 0. The van der Waals surface area contributed by atoms with E-state index in [1.54, 1.807) is 24.3 Å². The van der Waals surface area contributed by atoms with Crippen molar-refractivity contribution in [3.05, 3.63) is 59.7 Å². The van der Waals surface area contributed by atoms with E-state index in [0.29, 0.717) is 17.9 Å². The molecule has 0 radical (unpaired) electrons. The summed E-state index contributed by atoms with van der Waals surface area (Å²) in [5, 5.41) is 11.7. The number of amides is 1. The van der Waals surface area contributed by atoms with Gasteiger partial charge in [0.05, 0.1) is 17.7 Å². The van der Waals surface area contributed by atoms with Gasteiger partial charge >= 0.3 is 0 Å². The largest absolute Gasteiger partial charge is 0.490 e. The van der Waals surface area contributed by atoms with Gasteiger partial charge in [0.1, 0.15) is 5.75 Å².